The molecular weight excluding hydrogens is 365 g/mol. The summed E-state index contributed by atoms with van der Waals surface area (Å²) < 4.78 is 44.6. The highest BCUT2D eigenvalue weighted by atomic mass is 79.9. The number of hydrogen-bond donors (Lipinski definition) is 2. The van der Waals surface area contributed by atoms with Gasteiger partial charge in [-0.2, -0.15) is 13.2 Å². The van der Waals surface area contributed by atoms with Crippen molar-refractivity contribution in [3.63, 3.8) is 0 Å². The summed E-state index contributed by atoms with van der Waals surface area (Å²) in [5.41, 5.74) is 0.227. The van der Waals surface area contributed by atoms with Crippen LogP contribution < -0.4 is 10.1 Å². The number of halogens is 4. The molecule has 0 bridgehead atoms. The lowest BCUT2D eigenvalue weighted by Gasteiger charge is -2.36. The largest absolute Gasteiger partial charge is 0.504 e. The SMILES string of the molecule is COc1cc(Br)cc([C@@H](CC(F)(F)F)N2CCNCC2)c1O. The minimum atomic E-state index is -4.32. The summed E-state index contributed by atoms with van der Waals surface area (Å²) in [6, 6.07) is 2.12. The first kappa shape index (κ1) is 17.4. The van der Waals surface area contributed by atoms with Crippen LogP contribution in [-0.2, 0) is 0 Å². The van der Waals surface area contributed by atoms with E-state index in [1.165, 1.54) is 19.2 Å². The standard InChI is InChI=1S/C14H18BrF3N2O2/c1-22-12-7-9(15)6-10(13(12)21)11(8-14(16,17)18)20-4-2-19-3-5-20/h6-7,11,19,21H,2-5,8H2,1H3/t11-/m1/s1. The van der Waals surface area contributed by atoms with E-state index < -0.39 is 18.6 Å². The van der Waals surface area contributed by atoms with Gasteiger partial charge in [-0.05, 0) is 12.1 Å². The van der Waals surface area contributed by atoms with Gasteiger partial charge < -0.3 is 15.2 Å². The lowest BCUT2D eigenvalue weighted by atomic mass is 9.99. The van der Waals surface area contributed by atoms with E-state index in [0.29, 0.717) is 30.7 Å². The summed E-state index contributed by atoms with van der Waals surface area (Å²) in [5.74, 6) is -0.0785. The molecular formula is C14H18BrF3N2O2. The number of nitrogens with one attached hydrogen (secondary N) is 1. The van der Waals surface area contributed by atoms with Crippen LogP contribution in [0.1, 0.15) is 18.0 Å². The van der Waals surface area contributed by atoms with E-state index in [0.717, 1.165) is 0 Å². The number of rotatable bonds is 4. The zero-order chi connectivity index (χ0) is 16.3. The second-order valence-electron chi connectivity index (χ2n) is 5.17. The third-order valence-corrected chi connectivity index (χ3v) is 4.12. The summed E-state index contributed by atoms with van der Waals surface area (Å²) in [7, 11) is 1.37. The monoisotopic (exact) mass is 382 g/mol. The van der Waals surface area contributed by atoms with Crippen LogP contribution in [0.5, 0.6) is 11.5 Å². The molecule has 1 heterocycles. The summed E-state index contributed by atoms with van der Waals surface area (Å²) >= 11 is 3.26. The van der Waals surface area contributed by atoms with Gasteiger partial charge in [-0.3, -0.25) is 4.90 Å². The first-order valence-electron chi connectivity index (χ1n) is 6.89. The van der Waals surface area contributed by atoms with Crippen LogP contribution in [0, 0.1) is 0 Å². The number of phenolic OH excluding ortho intramolecular Hbond substituents is 1. The predicted molar refractivity (Wildman–Crippen MR) is 80.2 cm³/mol. The van der Waals surface area contributed by atoms with Gasteiger partial charge in [0.2, 0.25) is 0 Å². The van der Waals surface area contributed by atoms with Gasteiger partial charge in [-0.15, -0.1) is 0 Å². The summed E-state index contributed by atoms with van der Waals surface area (Å²) in [4.78, 5) is 1.74. The quantitative estimate of drug-likeness (QED) is 0.839. The van der Waals surface area contributed by atoms with Crippen molar-refractivity contribution in [1.82, 2.24) is 10.2 Å². The van der Waals surface area contributed by atoms with Gasteiger partial charge in [0.25, 0.3) is 0 Å². The number of alkyl halides is 3. The van der Waals surface area contributed by atoms with Crippen molar-refractivity contribution < 1.29 is 23.0 Å². The zero-order valence-corrected chi connectivity index (χ0v) is 13.7. The molecule has 8 heteroatoms. The van der Waals surface area contributed by atoms with E-state index in [1.54, 1.807) is 4.90 Å². The molecule has 1 fully saturated rings. The van der Waals surface area contributed by atoms with Crippen LogP contribution in [0.2, 0.25) is 0 Å². The van der Waals surface area contributed by atoms with Crippen molar-refractivity contribution >= 4 is 15.9 Å². The van der Waals surface area contributed by atoms with Gasteiger partial charge in [0.05, 0.1) is 13.5 Å². The number of aromatic hydroxyl groups is 1. The fourth-order valence-electron chi connectivity index (χ4n) is 2.65. The molecule has 0 amide bonds. The number of methoxy groups -OCH3 is 1. The van der Waals surface area contributed by atoms with Gasteiger partial charge in [-0.1, -0.05) is 15.9 Å². The number of hydrogen-bond acceptors (Lipinski definition) is 4. The maximum Gasteiger partial charge on any atom is 0.390 e. The molecule has 1 saturated heterocycles. The first-order chi connectivity index (χ1) is 10.3. The molecule has 0 radical (unpaired) electrons. The minimum Gasteiger partial charge on any atom is -0.504 e. The van der Waals surface area contributed by atoms with E-state index in [9.17, 15) is 18.3 Å². The van der Waals surface area contributed by atoms with E-state index in [1.807, 2.05) is 0 Å². The van der Waals surface area contributed by atoms with E-state index in [-0.39, 0.29) is 17.1 Å². The molecule has 0 unspecified atom stereocenters. The molecule has 124 valence electrons. The third-order valence-electron chi connectivity index (χ3n) is 3.67. The Morgan fingerprint density at radius 2 is 2.00 bits per heavy atom. The van der Waals surface area contributed by atoms with Gasteiger partial charge in [0.15, 0.2) is 11.5 Å². The minimum absolute atomic E-state index is 0.159. The summed E-state index contributed by atoms with van der Waals surface area (Å²) in [6.07, 6.45) is -5.34. The van der Waals surface area contributed by atoms with Crippen molar-refractivity contribution in [2.45, 2.75) is 18.6 Å². The second-order valence-corrected chi connectivity index (χ2v) is 6.08. The van der Waals surface area contributed by atoms with E-state index in [2.05, 4.69) is 21.2 Å². The highest BCUT2D eigenvalue weighted by Gasteiger charge is 2.37. The second kappa shape index (κ2) is 7.06. The topological polar surface area (TPSA) is 44.7 Å². The van der Waals surface area contributed by atoms with Crippen LogP contribution >= 0.6 is 15.9 Å². The smallest absolute Gasteiger partial charge is 0.390 e. The Bertz CT molecular complexity index is 520. The summed E-state index contributed by atoms with van der Waals surface area (Å²) in [5, 5.41) is 13.4. The number of piperazine rings is 1. The van der Waals surface area contributed by atoms with Crippen LogP contribution in [0.15, 0.2) is 16.6 Å². The normalized spacial score (nSPS) is 18.2. The summed E-state index contributed by atoms with van der Waals surface area (Å²) in [6.45, 7) is 2.24. The molecule has 1 atom stereocenters. The maximum atomic E-state index is 13.0. The molecule has 0 aromatic heterocycles. The molecule has 1 aromatic carbocycles. The number of ether oxygens (including phenoxy) is 1. The van der Waals surface area contributed by atoms with Gasteiger partial charge in [0, 0.05) is 42.3 Å². The average molecular weight is 383 g/mol. The third kappa shape index (κ3) is 4.27. The van der Waals surface area contributed by atoms with Crippen molar-refractivity contribution in [2.75, 3.05) is 33.3 Å². The van der Waals surface area contributed by atoms with Gasteiger partial charge in [0.1, 0.15) is 0 Å². The molecule has 2 rings (SSSR count). The Balaban J connectivity index is 2.41. The lowest BCUT2D eigenvalue weighted by molar-refractivity contribution is -0.148. The molecule has 1 aromatic rings. The van der Waals surface area contributed by atoms with Crippen molar-refractivity contribution in [2.24, 2.45) is 0 Å². The van der Waals surface area contributed by atoms with Crippen LogP contribution in [-0.4, -0.2) is 49.5 Å². The fraction of sp³-hybridized carbons (Fsp3) is 0.571. The van der Waals surface area contributed by atoms with Crippen LogP contribution in [0.3, 0.4) is 0 Å². The zero-order valence-electron chi connectivity index (χ0n) is 12.1. The maximum absolute atomic E-state index is 13.0. The molecule has 1 aliphatic heterocycles. The number of benzene rings is 1. The van der Waals surface area contributed by atoms with E-state index in [4.69, 9.17) is 4.74 Å². The highest BCUT2D eigenvalue weighted by Crippen LogP contribution is 2.43. The number of nitrogens with zero attached hydrogens (tertiary/aromatic N) is 1. The molecule has 1 aliphatic rings. The molecule has 2 N–H and O–H groups in total. The molecule has 22 heavy (non-hydrogen) atoms. The van der Waals surface area contributed by atoms with Crippen molar-refractivity contribution in [3.8, 4) is 11.5 Å². The Hall–Kier alpha value is -0.990. The first-order valence-corrected chi connectivity index (χ1v) is 7.69. The van der Waals surface area contributed by atoms with Crippen LogP contribution in [0.25, 0.3) is 0 Å². The average Bonchev–Trinajstić information content (AvgIpc) is 2.47. The number of phenols is 1. The Morgan fingerprint density at radius 1 is 1.36 bits per heavy atom. The molecule has 0 aliphatic carbocycles. The van der Waals surface area contributed by atoms with Gasteiger partial charge in [-0.25, -0.2) is 0 Å². The Labute approximate surface area is 135 Å². The predicted octanol–water partition coefficient (Wildman–Crippen LogP) is 3.06. The molecule has 0 spiro atoms. The van der Waals surface area contributed by atoms with E-state index >= 15 is 0 Å². The lowest BCUT2D eigenvalue weighted by Crippen LogP contribution is -2.46. The van der Waals surface area contributed by atoms with Gasteiger partial charge >= 0.3 is 6.18 Å². The highest BCUT2D eigenvalue weighted by molar-refractivity contribution is 9.10. The van der Waals surface area contributed by atoms with Crippen molar-refractivity contribution in [3.05, 3.63) is 22.2 Å². The molecule has 0 saturated carbocycles. The van der Waals surface area contributed by atoms with Crippen molar-refractivity contribution in [1.29, 1.82) is 0 Å². The Morgan fingerprint density at radius 3 is 2.55 bits per heavy atom. The van der Waals surface area contributed by atoms with Crippen LogP contribution in [0.4, 0.5) is 13.2 Å². The molecule has 4 nitrogen and oxygen atoms in total. The Kier molecular flexibility index (Phi) is 5.57. The fourth-order valence-corrected chi connectivity index (χ4v) is 3.11.